The van der Waals surface area contributed by atoms with Crippen LogP contribution in [0.1, 0.15) is 60.5 Å². The number of hydrogen-bond donors (Lipinski definition) is 0. The van der Waals surface area contributed by atoms with E-state index in [2.05, 4.69) is 5.10 Å². The van der Waals surface area contributed by atoms with Gasteiger partial charge in [-0.25, -0.2) is 0 Å². The first-order valence-corrected chi connectivity index (χ1v) is 7.50. The fourth-order valence-corrected chi connectivity index (χ4v) is 3.72. The molecular weight excluding hydrogens is 238 g/mol. The van der Waals surface area contributed by atoms with Crippen LogP contribution in [0.5, 0.6) is 0 Å². The zero-order valence-electron chi connectivity index (χ0n) is 11.6. The van der Waals surface area contributed by atoms with Gasteiger partial charge in [-0.2, -0.15) is 5.10 Å². The summed E-state index contributed by atoms with van der Waals surface area (Å²) in [6.07, 6.45) is 9.58. The minimum absolute atomic E-state index is 0.215. The maximum Gasteiger partial charge on any atom is 0.257 e. The maximum atomic E-state index is 12.6. The quantitative estimate of drug-likeness (QED) is 0.817. The molecule has 4 rings (SSSR count). The summed E-state index contributed by atoms with van der Waals surface area (Å²) in [4.78, 5) is 14.6. The van der Waals surface area contributed by atoms with Crippen LogP contribution in [0.2, 0.25) is 0 Å². The third kappa shape index (κ3) is 1.65. The van der Waals surface area contributed by atoms with Crippen LogP contribution in [0.4, 0.5) is 0 Å². The van der Waals surface area contributed by atoms with Crippen molar-refractivity contribution in [3.05, 3.63) is 17.5 Å². The summed E-state index contributed by atoms with van der Waals surface area (Å²) in [6, 6.07) is 0. The van der Waals surface area contributed by atoms with E-state index in [0.29, 0.717) is 11.3 Å². The molecule has 19 heavy (non-hydrogen) atoms. The third-order valence-electron chi connectivity index (χ3n) is 5.33. The molecule has 3 aliphatic rings. The van der Waals surface area contributed by atoms with Crippen molar-refractivity contribution in [3.8, 4) is 0 Å². The number of nitrogens with zero attached hydrogens (tertiary/aromatic N) is 3. The fraction of sp³-hybridized carbons (Fsp3) is 0.733. The normalized spacial score (nSPS) is 24.8. The molecule has 0 aromatic carbocycles. The second kappa shape index (κ2) is 3.84. The van der Waals surface area contributed by atoms with Crippen LogP contribution in [0, 0.1) is 5.41 Å². The van der Waals surface area contributed by atoms with E-state index < -0.39 is 0 Å². The van der Waals surface area contributed by atoms with Crippen molar-refractivity contribution in [2.45, 2.75) is 44.4 Å². The van der Waals surface area contributed by atoms with Crippen LogP contribution < -0.4 is 0 Å². The number of carbonyl (C=O) groups is 1. The first-order chi connectivity index (χ1) is 9.17. The summed E-state index contributed by atoms with van der Waals surface area (Å²) < 4.78 is 1.81. The lowest BCUT2D eigenvalue weighted by molar-refractivity contribution is -0.0427. The minimum Gasteiger partial charge on any atom is -0.337 e. The van der Waals surface area contributed by atoms with E-state index in [4.69, 9.17) is 0 Å². The van der Waals surface area contributed by atoms with Gasteiger partial charge in [0.25, 0.3) is 5.91 Å². The fourth-order valence-electron chi connectivity index (χ4n) is 3.72. The van der Waals surface area contributed by atoms with E-state index in [0.717, 1.165) is 24.3 Å². The van der Waals surface area contributed by atoms with Crippen molar-refractivity contribution in [1.82, 2.24) is 14.7 Å². The smallest absolute Gasteiger partial charge is 0.257 e. The van der Waals surface area contributed by atoms with Crippen LogP contribution >= 0.6 is 0 Å². The van der Waals surface area contributed by atoms with Gasteiger partial charge in [0.1, 0.15) is 0 Å². The van der Waals surface area contributed by atoms with E-state index in [-0.39, 0.29) is 5.91 Å². The highest BCUT2D eigenvalue weighted by atomic mass is 16.2. The minimum atomic E-state index is 0.215. The molecule has 0 N–H and O–H groups in total. The van der Waals surface area contributed by atoms with Crippen molar-refractivity contribution in [3.63, 3.8) is 0 Å². The Bertz CT molecular complexity index is 517. The van der Waals surface area contributed by atoms with Crippen molar-refractivity contribution < 1.29 is 4.79 Å². The van der Waals surface area contributed by atoms with Crippen LogP contribution in [0.25, 0.3) is 0 Å². The van der Waals surface area contributed by atoms with Gasteiger partial charge in [-0.15, -0.1) is 0 Å². The molecule has 2 heterocycles. The standard InChI is InChI=1S/C15H21N3O/c1-17-8-12(13(16-17)11-4-2-5-11)14(19)18-9-15(10-18)6-3-7-15/h8,11H,2-7,9-10H2,1H3. The number of rotatable bonds is 2. The van der Waals surface area contributed by atoms with Crippen molar-refractivity contribution in [2.75, 3.05) is 13.1 Å². The summed E-state index contributed by atoms with van der Waals surface area (Å²) in [6.45, 7) is 1.95. The molecule has 0 radical (unpaired) electrons. The predicted molar refractivity (Wildman–Crippen MR) is 72.0 cm³/mol. The Kier molecular flexibility index (Phi) is 2.32. The molecule has 2 aliphatic carbocycles. The van der Waals surface area contributed by atoms with Crippen molar-refractivity contribution in [1.29, 1.82) is 0 Å². The molecule has 2 saturated carbocycles. The molecule has 4 nitrogen and oxygen atoms in total. The van der Waals surface area contributed by atoms with Crippen molar-refractivity contribution >= 4 is 5.91 Å². The highest BCUT2D eigenvalue weighted by Crippen LogP contribution is 2.48. The molecule has 1 aromatic heterocycles. The molecule has 0 bridgehead atoms. The van der Waals surface area contributed by atoms with Gasteiger partial charge in [-0.05, 0) is 25.7 Å². The number of carbonyl (C=O) groups excluding carboxylic acids is 1. The van der Waals surface area contributed by atoms with Gasteiger partial charge in [0.05, 0.1) is 11.3 Å². The van der Waals surface area contributed by atoms with E-state index in [9.17, 15) is 4.79 Å². The zero-order chi connectivity index (χ0) is 13.0. The summed E-state index contributed by atoms with van der Waals surface area (Å²) >= 11 is 0. The SMILES string of the molecule is Cn1cc(C(=O)N2CC3(CCC3)C2)c(C2CCC2)n1. The van der Waals surface area contributed by atoms with Crippen LogP contribution in [0.3, 0.4) is 0 Å². The third-order valence-corrected chi connectivity index (χ3v) is 5.33. The molecule has 0 atom stereocenters. The molecule has 0 unspecified atom stereocenters. The Hall–Kier alpha value is -1.32. The summed E-state index contributed by atoms with van der Waals surface area (Å²) in [5.41, 5.74) is 2.42. The molecule has 1 saturated heterocycles. The highest BCUT2D eigenvalue weighted by Gasteiger charge is 2.49. The van der Waals surface area contributed by atoms with Gasteiger partial charge in [0.15, 0.2) is 0 Å². The van der Waals surface area contributed by atoms with E-state index in [1.54, 1.807) is 4.68 Å². The van der Waals surface area contributed by atoms with Gasteiger partial charge >= 0.3 is 0 Å². The summed E-state index contributed by atoms with van der Waals surface area (Å²) in [5.74, 6) is 0.742. The average molecular weight is 259 g/mol. The number of aryl methyl sites for hydroxylation is 1. The predicted octanol–water partition coefficient (Wildman–Crippen LogP) is 2.31. The molecule has 1 spiro atoms. The Balaban J connectivity index is 1.53. The van der Waals surface area contributed by atoms with E-state index in [1.807, 2.05) is 18.1 Å². The molecule has 1 aromatic rings. The van der Waals surface area contributed by atoms with E-state index in [1.165, 1.54) is 38.5 Å². The Morgan fingerprint density at radius 1 is 1.32 bits per heavy atom. The number of likely N-dealkylation sites (tertiary alicyclic amines) is 1. The first kappa shape index (κ1) is 11.5. The lowest BCUT2D eigenvalue weighted by Crippen LogP contribution is -2.61. The monoisotopic (exact) mass is 259 g/mol. The summed E-state index contributed by atoms with van der Waals surface area (Å²) in [5, 5.41) is 4.53. The number of amides is 1. The molecule has 1 aliphatic heterocycles. The molecule has 4 heteroatoms. The lowest BCUT2D eigenvalue weighted by atomic mass is 9.63. The zero-order valence-corrected chi connectivity index (χ0v) is 11.6. The highest BCUT2D eigenvalue weighted by molar-refractivity contribution is 5.96. The first-order valence-electron chi connectivity index (χ1n) is 7.50. The number of hydrogen-bond acceptors (Lipinski definition) is 2. The average Bonchev–Trinajstić information content (AvgIpc) is 2.53. The van der Waals surface area contributed by atoms with Crippen LogP contribution in [-0.4, -0.2) is 33.7 Å². The topological polar surface area (TPSA) is 38.1 Å². The molecule has 102 valence electrons. The van der Waals surface area contributed by atoms with Crippen LogP contribution in [-0.2, 0) is 7.05 Å². The Labute approximate surface area is 113 Å². The largest absolute Gasteiger partial charge is 0.337 e. The van der Waals surface area contributed by atoms with Gasteiger partial charge in [0, 0.05) is 37.7 Å². The second-order valence-corrected chi connectivity index (χ2v) is 6.74. The van der Waals surface area contributed by atoms with Gasteiger partial charge in [0.2, 0.25) is 0 Å². The second-order valence-electron chi connectivity index (χ2n) is 6.74. The molecular formula is C15H21N3O. The summed E-state index contributed by atoms with van der Waals surface area (Å²) in [7, 11) is 1.92. The Morgan fingerprint density at radius 2 is 2.05 bits per heavy atom. The molecule has 3 fully saturated rings. The van der Waals surface area contributed by atoms with Gasteiger partial charge in [-0.1, -0.05) is 12.8 Å². The van der Waals surface area contributed by atoms with Crippen LogP contribution in [0.15, 0.2) is 6.20 Å². The molecule has 1 amide bonds. The maximum absolute atomic E-state index is 12.6. The lowest BCUT2D eigenvalue weighted by Gasteiger charge is -2.55. The van der Waals surface area contributed by atoms with E-state index >= 15 is 0 Å². The van der Waals surface area contributed by atoms with Gasteiger partial charge < -0.3 is 4.90 Å². The van der Waals surface area contributed by atoms with Gasteiger partial charge in [-0.3, -0.25) is 9.48 Å². The Morgan fingerprint density at radius 3 is 2.58 bits per heavy atom. The number of aromatic nitrogens is 2. The van der Waals surface area contributed by atoms with Crippen molar-refractivity contribution in [2.24, 2.45) is 12.5 Å².